The van der Waals surface area contributed by atoms with Crippen molar-refractivity contribution in [2.45, 2.75) is 33.0 Å². The van der Waals surface area contributed by atoms with Crippen LogP contribution >= 0.6 is 0 Å². The predicted molar refractivity (Wildman–Crippen MR) is 116 cm³/mol. The van der Waals surface area contributed by atoms with Crippen molar-refractivity contribution in [3.8, 4) is 11.5 Å². The number of pyridine rings is 1. The van der Waals surface area contributed by atoms with Gasteiger partial charge in [-0.1, -0.05) is 43.3 Å². The molecular formula is C24H28N2O3. The van der Waals surface area contributed by atoms with Crippen LogP contribution in [-0.4, -0.2) is 18.3 Å². The van der Waals surface area contributed by atoms with Crippen molar-refractivity contribution in [1.82, 2.24) is 9.88 Å². The Balaban J connectivity index is 1.53. The van der Waals surface area contributed by atoms with E-state index >= 15 is 0 Å². The minimum Gasteiger partial charge on any atom is -0.493 e. The van der Waals surface area contributed by atoms with Gasteiger partial charge < -0.3 is 19.4 Å². The smallest absolute Gasteiger partial charge is 0.250 e. The SMILES string of the molecule is CCCOc1ccc(CNCc2ccc(Cn3ccccc3=O)cc2)cc1OC. The maximum absolute atomic E-state index is 11.8. The highest BCUT2D eigenvalue weighted by Crippen LogP contribution is 2.28. The highest BCUT2D eigenvalue weighted by atomic mass is 16.5. The Morgan fingerprint density at radius 3 is 2.34 bits per heavy atom. The predicted octanol–water partition coefficient (Wildman–Crippen LogP) is 3.98. The Morgan fingerprint density at radius 2 is 1.62 bits per heavy atom. The third kappa shape index (κ3) is 5.96. The molecule has 3 rings (SSSR count). The maximum atomic E-state index is 11.8. The second-order valence-corrected chi connectivity index (χ2v) is 6.92. The van der Waals surface area contributed by atoms with Gasteiger partial charge in [0.1, 0.15) is 0 Å². The number of benzene rings is 2. The van der Waals surface area contributed by atoms with Crippen molar-refractivity contribution in [3.05, 3.63) is 93.9 Å². The lowest BCUT2D eigenvalue weighted by molar-refractivity contribution is 0.294. The molecule has 29 heavy (non-hydrogen) atoms. The fourth-order valence-electron chi connectivity index (χ4n) is 3.05. The first-order valence-electron chi connectivity index (χ1n) is 9.93. The van der Waals surface area contributed by atoms with Gasteiger partial charge >= 0.3 is 0 Å². The van der Waals surface area contributed by atoms with Gasteiger partial charge in [0.2, 0.25) is 0 Å². The van der Waals surface area contributed by atoms with Crippen LogP contribution in [0.3, 0.4) is 0 Å². The zero-order valence-corrected chi connectivity index (χ0v) is 17.1. The van der Waals surface area contributed by atoms with Gasteiger partial charge in [-0.3, -0.25) is 4.79 Å². The van der Waals surface area contributed by atoms with E-state index in [0.29, 0.717) is 13.2 Å². The van der Waals surface area contributed by atoms with Crippen molar-refractivity contribution >= 4 is 0 Å². The fraction of sp³-hybridized carbons (Fsp3) is 0.292. The van der Waals surface area contributed by atoms with Gasteiger partial charge in [0.05, 0.1) is 20.3 Å². The van der Waals surface area contributed by atoms with Crippen LogP contribution in [0.5, 0.6) is 11.5 Å². The monoisotopic (exact) mass is 392 g/mol. The number of rotatable bonds is 10. The number of hydrogen-bond acceptors (Lipinski definition) is 4. The van der Waals surface area contributed by atoms with Gasteiger partial charge in [-0.15, -0.1) is 0 Å². The largest absolute Gasteiger partial charge is 0.493 e. The number of nitrogens with zero attached hydrogens (tertiary/aromatic N) is 1. The van der Waals surface area contributed by atoms with Crippen molar-refractivity contribution in [1.29, 1.82) is 0 Å². The molecule has 2 aromatic carbocycles. The molecule has 0 aliphatic carbocycles. The second-order valence-electron chi connectivity index (χ2n) is 6.92. The number of methoxy groups -OCH3 is 1. The molecule has 0 radical (unpaired) electrons. The number of hydrogen-bond donors (Lipinski definition) is 1. The van der Waals surface area contributed by atoms with Gasteiger partial charge in [-0.05, 0) is 41.3 Å². The zero-order chi connectivity index (χ0) is 20.5. The van der Waals surface area contributed by atoms with E-state index in [2.05, 4.69) is 42.6 Å². The molecule has 3 aromatic rings. The summed E-state index contributed by atoms with van der Waals surface area (Å²) in [6, 6.07) is 19.6. The Labute approximate surface area is 171 Å². The molecule has 152 valence electrons. The van der Waals surface area contributed by atoms with Crippen molar-refractivity contribution in [2.24, 2.45) is 0 Å². The van der Waals surface area contributed by atoms with E-state index in [1.807, 2.05) is 24.4 Å². The van der Waals surface area contributed by atoms with Crippen molar-refractivity contribution in [2.75, 3.05) is 13.7 Å². The van der Waals surface area contributed by atoms with Gasteiger partial charge in [0, 0.05) is 25.4 Å². The zero-order valence-electron chi connectivity index (χ0n) is 17.1. The van der Waals surface area contributed by atoms with Gasteiger partial charge in [0.15, 0.2) is 11.5 Å². The average Bonchev–Trinajstić information content (AvgIpc) is 2.75. The Morgan fingerprint density at radius 1 is 0.897 bits per heavy atom. The summed E-state index contributed by atoms with van der Waals surface area (Å²) >= 11 is 0. The van der Waals surface area contributed by atoms with Crippen molar-refractivity contribution < 1.29 is 9.47 Å². The summed E-state index contributed by atoms with van der Waals surface area (Å²) in [6.45, 7) is 4.86. The first-order valence-corrected chi connectivity index (χ1v) is 9.93. The van der Waals surface area contributed by atoms with Crippen LogP contribution < -0.4 is 20.3 Å². The molecule has 0 amide bonds. The molecule has 5 heteroatoms. The lowest BCUT2D eigenvalue weighted by atomic mass is 10.1. The van der Waals surface area contributed by atoms with Crippen LogP contribution in [0.4, 0.5) is 0 Å². The minimum atomic E-state index is 0.0137. The summed E-state index contributed by atoms with van der Waals surface area (Å²) in [7, 11) is 1.66. The van der Waals surface area contributed by atoms with E-state index in [-0.39, 0.29) is 5.56 Å². The summed E-state index contributed by atoms with van der Waals surface area (Å²) in [5, 5.41) is 3.46. The molecule has 0 bridgehead atoms. The third-order valence-electron chi connectivity index (χ3n) is 4.62. The Bertz CT molecular complexity index is 964. The second kappa shape index (κ2) is 10.5. The van der Waals surface area contributed by atoms with E-state index in [4.69, 9.17) is 9.47 Å². The van der Waals surface area contributed by atoms with E-state index < -0.39 is 0 Å². The van der Waals surface area contributed by atoms with Crippen LogP contribution in [0.1, 0.15) is 30.0 Å². The summed E-state index contributed by atoms with van der Waals surface area (Å²) in [6.07, 6.45) is 2.78. The third-order valence-corrected chi connectivity index (χ3v) is 4.62. The first kappa shape index (κ1) is 20.7. The first-order chi connectivity index (χ1) is 14.2. The van der Waals surface area contributed by atoms with E-state index in [1.165, 1.54) is 5.56 Å². The van der Waals surface area contributed by atoms with E-state index in [9.17, 15) is 4.79 Å². The summed E-state index contributed by atoms with van der Waals surface area (Å²) < 4.78 is 12.8. The Hall–Kier alpha value is -3.05. The van der Waals surface area contributed by atoms with Gasteiger partial charge in [-0.2, -0.15) is 0 Å². The van der Waals surface area contributed by atoms with E-state index in [1.54, 1.807) is 23.8 Å². The van der Waals surface area contributed by atoms with Crippen LogP contribution in [0, 0.1) is 0 Å². The lowest BCUT2D eigenvalue weighted by Gasteiger charge is -2.12. The molecule has 0 saturated carbocycles. The molecule has 0 saturated heterocycles. The van der Waals surface area contributed by atoms with Crippen LogP contribution in [0.25, 0.3) is 0 Å². The van der Waals surface area contributed by atoms with E-state index in [0.717, 1.165) is 42.1 Å². The van der Waals surface area contributed by atoms with Gasteiger partial charge in [0.25, 0.3) is 5.56 Å². The van der Waals surface area contributed by atoms with Crippen LogP contribution in [0.15, 0.2) is 71.7 Å². The topological polar surface area (TPSA) is 52.5 Å². The molecule has 1 heterocycles. The molecule has 5 nitrogen and oxygen atoms in total. The van der Waals surface area contributed by atoms with Crippen LogP contribution in [0.2, 0.25) is 0 Å². The molecule has 0 spiro atoms. The minimum absolute atomic E-state index is 0.0137. The average molecular weight is 392 g/mol. The molecule has 0 atom stereocenters. The molecule has 1 N–H and O–H groups in total. The molecule has 0 aliphatic rings. The standard InChI is InChI=1S/C24H28N2O3/c1-3-14-29-22-12-11-21(15-23(22)28-2)17-25-16-19-7-9-20(10-8-19)18-26-13-5-4-6-24(26)27/h4-13,15,25H,3,14,16-18H2,1-2H3. The number of ether oxygens (including phenoxy) is 2. The normalized spacial score (nSPS) is 10.7. The summed E-state index contributed by atoms with van der Waals surface area (Å²) in [5.41, 5.74) is 3.46. The molecule has 1 aromatic heterocycles. The fourth-order valence-corrected chi connectivity index (χ4v) is 3.05. The molecule has 0 fully saturated rings. The lowest BCUT2D eigenvalue weighted by Crippen LogP contribution is -2.18. The molecular weight excluding hydrogens is 364 g/mol. The summed E-state index contributed by atoms with van der Waals surface area (Å²) in [4.78, 5) is 11.8. The summed E-state index contributed by atoms with van der Waals surface area (Å²) in [5.74, 6) is 1.55. The number of aromatic nitrogens is 1. The highest BCUT2D eigenvalue weighted by Gasteiger charge is 2.06. The number of nitrogens with one attached hydrogen (secondary N) is 1. The van der Waals surface area contributed by atoms with Crippen molar-refractivity contribution in [3.63, 3.8) is 0 Å². The maximum Gasteiger partial charge on any atom is 0.250 e. The van der Waals surface area contributed by atoms with Gasteiger partial charge in [-0.25, -0.2) is 0 Å². The Kier molecular flexibility index (Phi) is 7.47. The van der Waals surface area contributed by atoms with Crippen LogP contribution in [-0.2, 0) is 19.6 Å². The highest BCUT2D eigenvalue weighted by molar-refractivity contribution is 5.43. The quantitative estimate of drug-likeness (QED) is 0.567. The molecule has 0 unspecified atom stereocenters. The molecule has 0 aliphatic heterocycles.